The first kappa shape index (κ1) is 12.5. The lowest BCUT2D eigenvalue weighted by atomic mass is 10.0. The van der Waals surface area contributed by atoms with Gasteiger partial charge in [0.15, 0.2) is 0 Å². The maximum atomic E-state index is 5.84. The molecular weight excluding hydrogens is 226 g/mol. The largest absolute Gasteiger partial charge is 0.437 e. The zero-order valence-electron chi connectivity index (χ0n) is 10.6. The molecule has 1 aromatic carbocycles. The number of aromatic nitrogens is 2. The molecule has 4 heteroatoms. The highest BCUT2D eigenvalue weighted by atomic mass is 16.5. The van der Waals surface area contributed by atoms with Gasteiger partial charge in [0.2, 0.25) is 5.88 Å². The van der Waals surface area contributed by atoms with Crippen molar-refractivity contribution < 1.29 is 4.74 Å². The van der Waals surface area contributed by atoms with Gasteiger partial charge in [-0.25, -0.2) is 4.98 Å². The standard InChI is InChI=1S/C14H17N3O/c1-10(2)11-5-3-4-6-13(11)18-14-12(9-15)16-7-8-17-14/h3-8,10H,9,15H2,1-2H3. The van der Waals surface area contributed by atoms with Crippen LogP contribution >= 0.6 is 0 Å². The average molecular weight is 243 g/mol. The van der Waals surface area contributed by atoms with Crippen LogP contribution in [0.4, 0.5) is 0 Å². The summed E-state index contributed by atoms with van der Waals surface area (Å²) in [7, 11) is 0. The molecule has 0 radical (unpaired) electrons. The molecule has 1 aromatic heterocycles. The lowest BCUT2D eigenvalue weighted by Gasteiger charge is -2.13. The molecule has 0 aliphatic carbocycles. The Morgan fingerprint density at radius 1 is 1.17 bits per heavy atom. The maximum absolute atomic E-state index is 5.84. The molecule has 2 aromatic rings. The lowest BCUT2D eigenvalue weighted by Crippen LogP contribution is -2.04. The van der Waals surface area contributed by atoms with Crippen molar-refractivity contribution in [2.24, 2.45) is 5.73 Å². The molecule has 1 heterocycles. The third kappa shape index (κ3) is 2.65. The monoisotopic (exact) mass is 243 g/mol. The van der Waals surface area contributed by atoms with E-state index in [1.165, 1.54) is 0 Å². The topological polar surface area (TPSA) is 61.0 Å². The van der Waals surface area contributed by atoms with Gasteiger partial charge in [0.05, 0.1) is 0 Å². The molecule has 0 spiro atoms. The van der Waals surface area contributed by atoms with Crippen molar-refractivity contribution in [3.05, 3.63) is 47.9 Å². The molecule has 2 N–H and O–H groups in total. The Balaban J connectivity index is 2.34. The number of hydrogen-bond acceptors (Lipinski definition) is 4. The summed E-state index contributed by atoms with van der Waals surface area (Å²) in [6, 6.07) is 7.94. The highest BCUT2D eigenvalue weighted by Gasteiger charge is 2.11. The van der Waals surface area contributed by atoms with E-state index in [0.717, 1.165) is 11.3 Å². The Bertz CT molecular complexity index is 526. The van der Waals surface area contributed by atoms with Gasteiger partial charge in [0, 0.05) is 18.9 Å². The Hall–Kier alpha value is -1.94. The van der Waals surface area contributed by atoms with E-state index in [1.54, 1.807) is 12.4 Å². The van der Waals surface area contributed by atoms with Gasteiger partial charge < -0.3 is 10.5 Å². The van der Waals surface area contributed by atoms with E-state index in [0.29, 0.717) is 24.0 Å². The molecule has 0 unspecified atom stereocenters. The van der Waals surface area contributed by atoms with Gasteiger partial charge in [-0.1, -0.05) is 32.0 Å². The molecule has 0 bridgehead atoms. The predicted octanol–water partition coefficient (Wildman–Crippen LogP) is 2.85. The van der Waals surface area contributed by atoms with Gasteiger partial charge in [-0.15, -0.1) is 0 Å². The van der Waals surface area contributed by atoms with Crippen LogP contribution < -0.4 is 10.5 Å². The summed E-state index contributed by atoms with van der Waals surface area (Å²) in [5.41, 5.74) is 7.43. The number of para-hydroxylation sites is 1. The Morgan fingerprint density at radius 2 is 1.89 bits per heavy atom. The summed E-state index contributed by atoms with van der Waals surface area (Å²) in [6.45, 7) is 4.57. The van der Waals surface area contributed by atoms with E-state index in [4.69, 9.17) is 10.5 Å². The third-order valence-electron chi connectivity index (χ3n) is 2.68. The fourth-order valence-electron chi connectivity index (χ4n) is 1.73. The van der Waals surface area contributed by atoms with Crippen molar-refractivity contribution >= 4 is 0 Å². The smallest absolute Gasteiger partial charge is 0.242 e. The first-order valence-corrected chi connectivity index (χ1v) is 5.99. The molecule has 18 heavy (non-hydrogen) atoms. The van der Waals surface area contributed by atoms with Gasteiger partial charge in [-0.05, 0) is 17.5 Å². The van der Waals surface area contributed by atoms with E-state index < -0.39 is 0 Å². The zero-order chi connectivity index (χ0) is 13.0. The number of hydrogen-bond donors (Lipinski definition) is 1. The SMILES string of the molecule is CC(C)c1ccccc1Oc1nccnc1CN. The van der Waals surface area contributed by atoms with Crippen molar-refractivity contribution in [3.8, 4) is 11.6 Å². The molecule has 4 nitrogen and oxygen atoms in total. The number of nitrogens with zero attached hydrogens (tertiary/aromatic N) is 2. The molecule has 0 amide bonds. The number of benzene rings is 1. The second-order valence-corrected chi connectivity index (χ2v) is 4.31. The van der Waals surface area contributed by atoms with Crippen LogP contribution in [0.1, 0.15) is 31.0 Å². The third-order valence-corrected chi connectivity index (χ3v) is 2.68. The van der Waals surface area contributed by atoms with Crippen LogP contribution in [-0.2, 0) is 6.54 Å². The molecule has 94 valence electrons. The molecule has 0 saturated carbocycles. The summed E-state index contributed by atoms with van der Waals surface area (Å²) in [6.07, 6.45) is 3.22. The Morgan fingerprint density at radius 3 is 2.61 bits per heavy atom. The molecule has 0 atom stereocenters. The van der Waals surface area contributed by atoms with Crippen LogP contribution in [0.25, 0.3) is 0 Å². The molecule has 0 aliphatic heterocycles. The minimum Gasteiger partial charge on any atom is -0.437 e. The first-order valence-electron chi connectivity index (χ1n) is 5.99. The van der Waals surface area contributed by atoms with Gasteiger partial charge in [0.1, 0.15) is 11.4 Å². The van der Waals surface area contributed by atoms with Crippen LogP contribution in [0.5, 0.6) is 11.6 Å². The van der Waals surface area contributed by atoms with Crippen molar-refractivity contribution in [2.45, 2.75) is 26.3 Å². The molecule has 0 saturated heterocycles. The van der Waals surface area contributed by atoms with Gasteiger partial charge in [-0.3, -0.25) is 4.98 Å². The molecule has 2 rings (SSSR count). The molecule has 0 fully saturated rings. The predicted molar refractivity (Wildman–Crippen MR) is 70.5 cm³/mol. The van der Waals surface area contributed by atoms with Crippen molar-refractivity contribution in [1.82, 2.24) is 9.97 Å². The molecular formula is C14H17N3O. The minimum atomic E-state index is 0.313. The van der Waals surface area contributed by atoms with Gasteiger partial charge in [-0.2, -0.15) is 0 Å². The van der Waals surface area contributed by atoms with E-state index in [2.05, 4.69) is 29.9 Å². The van der Waals surface area contributed by atoms with Crippen molar-refractivity contribution in [3.63, 3.8) is 0 Å². The number of nitrogens with two attached hydrogens (primary N) is 1. The van der Waals surface area contributed by atoms with Crippen LogP contribution in [-0.4, -0.2) is 9.97 Å². The van der Waals surface area contributed by atoms with Gasteiger partial charge >= 0.3 is 0 Å². The highest BCUT2D eigenvalue weighted by molar-refractivity contribution is 5.38. The normalized spacial score (nSPS) is 10.7. The number of ether oxygens (including phenoxy) is 1. The lowest BCUT2D eigenvalue weighted by molar-refractivity contribution is 0.444. The fourth-order valence-corrected chi connectivity index (χ4v) is 1.73. The van der Waals surface area contributed by atoms with Crippen LogP contribution in [0.15, 0.2) is 36.7 Å². The zero-order valence-corrected chi connectivity index (χ0v) is 10.6. The Labute approximate surface area is 107 Å². The van der Waals surface area contributed by atoms with Crippen molar-refractivity contribution in [1.29, 1.82) is 0 Å². The van der Waals surface area contributed by atoms with E-state index in [1.807, 2.05) is 18.2 Å². The van der Waals surface area contributed by atoms with Crippen LogP contribution in [0.2, 0.25) is 0 Å². The second kappa shape index (κ2) is 5.60. The quantitative estimate of drug-likeness (QED) is 0.897. The van der Waals surface area contributed by atoms with Gasteiger partial charge in [0.25, 0.3) is 0 Å². The Kier molecular flexibility index (Phi) is 3.89. The summed E-state index contributed by atoms with van der Waals surface area (Å²) in [5.74, 6) is 1.68. The fraction of sp³-hybridized carbons (Fsp3) is 0.286. The summed E-state index contributed by atoms with van der Waals surface area (Å²) in [4.78, 5) is 8.34. The summed E-state index contributed by atoms with van der Waals surface area (Å²) >= 11 is 0. The van der Waals surface area contributed by atoms with Crippen LogP contribution in [0, 0.1) is 0 Å². The molecule has 0 aliphatic rings. The van der Waals surface area contributed by atoms with Crippen molar-refractivity contribution in [2.75, 3.05) is 0 Å². The van der Waals surface area contributed by atoms with E-state index >= 15 is 0 Å². The summed E-state index contributed by atoms with van der Waals surface area (Å²) < 4.78 is 5.84. The first-order chi connectivity index (χ1) is 8.72. The minimum absolute atomic E-state index is 0.313. The number of rotatable bonds is 4. The highest BCUT2D eigenvalue weighted by Crippen LogP contribution is 2.30. The van der Waals surface area contributed by atoms with Crippen LogP contribution in [0.3, 0.4) is 0 Å². The summed E-state index contributed by atoms with van der Waals surface area (Å²) in [5, 5.41) is 0. The average Bonchev–Trinajstić information content (AvgIpc) is 2.40. The van der Waals surface area contributed by atoms with E-state index in [-0.39, 0.29) is 0 Å². The second-order valence-electron chi connectivity index (χ2n) is 4.31. The maximum Gasteiger partial charge on any atom is 0.242 e. The van der Waals surface area contributed by atoms with E-state index in [9.17, 15) is 0 Å².